The normalized spacial score (nSPS) is 47.5. The average Bonchev–Trinajstić information content (AvgIpc) is 3.30. The van der Waals surface area contributed by atoms with Gasteiger partial charge in [-0.1, -0.05) is 32.9 Å². The maximum atomic E-state index is 12.7. The second kappa shape index (κ2) is 6.71. The van der Waals surface area contributed by atoms with E-state index in [-0.39, 0.29) is 43.2 Å². The van der Waals surface area contributed by atoms with Gasteiger partial charge in [0.2, 0.25) is 5.79 Å². The van der Waals surface area contributed by atoms with E-state index in [2.05, 4.69) is 6.92 Å². The van der Waals surface area contributed by atoms with Gasteiger partial charge in [-0.25, -0.2) is 4.79 Å². The number of hydrogen-bond donors (Lipinski definition) is 2. The van der Waals surface area contributed by atoms with Gasteiger partial charge in [-0.3, -0.25) is 9.59 Å². The molecule has 2 spiro atoms. The highest BCUT2D eigenvalue weighted by Crippen LogP contribution is 2.75. The molecule has 184 valence electrons. The van der Waals surface area contributed by atoms with Crippen molar-refractivity contribution >= 4 is 17.9 Å². The Morgan fingerprint density at radius 2 is 2.06 bits per heavy atom. The van der Waals surface area contributed by atoms with Crippen LogP contribution < -0.4 is 0 Å². The molecule has 4 aliphatic heterocycles. The number of hydrogen-bond acceptors (Lipinski definition) is 8. The zero-order valence-corrected chi connectivity index (χ0v) is 19.5. The van der Waals surface area contributed by atoms with Crippen LogP contribution in [0.4, 0.5) is 0 Å². The molecular formula is C25H30O9. The Bertz CT molecular complexity index is 1060. The van der Waals surface area contributed by atoms with E-state index < -0.39 is 46.6 Å². The van der Waals surface area contributed by atoms with Gasteiger partial charge >= 0.3 is 17.9 Å². The van der Waals surface area contributed by atoms with Gasteiger partial charge in [0.15, 0.2) is 11.7 Å². The fourth-order valence-electron chi connectivity index (χ4n) is 7.83. The summed E-state index contributed by atoms with van der Waals surface area (Å²) in [4.78, 5) is 36.0. The quantitative estimate of drug-likeness (QED) is 0.453. The lowest BCUT2D eigenvalue weighted by atomic mass is 9.47. The Hall–Kier alpha value is -2.23. The first-order valence-corrected chi connectivity index (χ1v) is 12.1. The molecular weight excluding hydrogens is 444 g/mol. The zero-order valence-electron chi connectivity index (χ0n) is 19.5. The number of cyclic esters (lactones) is 1. The number of carbonyl (C=O) groups excluding carboxylic acids is 2. The van der Waals surface area contributed by atoms with Crippen LogP contribution in [0, 0.1) is 23.2 Å². The number of ether oxygens (including phenoxy) is 4. The third-order valence-corrected chi connectivity index (χ3v) is 9.39. The van der Waals surface area contributed by atoms with Crippen molar-refractivity contribution in [2.75, 3.05) is 6.61 Å². The van der Waals surface area contributed by atoms with Crippen molar-refractivity contribution in [1.82, 2.24) is 0 Å². The maximum Gasteiger partial charge on any atom is 0.334 e. The standard InChI is InChI=1S/C25H30O9/c1-12(2)15-7-9-23-22(3)8-6-13-14(11-31-20(13)29)16(22)10-17-24(23,30)21(25(15,33-17)34-23)32-19(28)5-4-18(26)27/h7,9,12,15-17,21,30H,4-6,8,10-11H2,1-3H3,(H,26,27)/t15-,16-,17+,21-,22-,23+,24+,25-/m0/s1. The van der Waals surface area contributed by atoms with Crippen LogP contribution in [-0.2, 0) is 33.3 Å². The van der Waals surface area contributed by atoms with Crippen LogP contribution in [0.1, 0.15) is 52.9 Å². The fraction of sp³-hybridized carbons (Fsp3) is 0.720. The van der Waals surface area contributed by atoms with Gasteiger partial charge < -0.3 is 29.2 Å². The Morgan fingerprint density at radius 1 is 1.29 bits per heavy atom. The molecule has 4 heterocycles. The van der Waals surface area contributed by atoms with Crippen LogP contribution in [0.2, 0.25) is 0 Å². The molecule has 2 aliphatic carbocycles. The van der Waals surface area contributed by atoms with Crippen molar-refractivity contribution in [2.45, 2.75) is 82.1 Å². The average molecular weight is 475 g/mol. The summed E-state index contributed by atoms with van der Waals surface area (Å²) in [6, 6.07) is 0. The first kappa shape index (κ1) is 22.2. The number of carbonyl (C=O) groups is 3. The summed E-state index contributed by atoms with van der Waals surface area (Å²) in [5.41, 5.74) is -1.72. The predicted octanol–water partition coefficient (Wildman–Crippen LogP) is 1.87. The Balaban J connectivity index is 1.46. The highest BCUT2D eigenvalue weighted by atomic mass is 16.8. The molecule has 9 nitrogen and oxygen atoms in total. The van der Waals surface area contributed by atoms with E-state index in [9.17, 15) is 19.5 Å². The van der Waals surface area contributed by atoms with Gasteiger partial charge in [-0.05, 0) is 36.7 Å². The molecule has 6 aliphatic rings. The molecule has 6 rings (SSSR count). The summed E-state index contributed by atoms with van der Waals surface area (Å²) in [7, 11) is 0. The Kier molecular flexibility index (Phi) is 4.39. The molecule has 0 aromatic carbocycles. The first-order chi connectivity index (χ1) is 16.0. The van der Waals surface area contributed by atoms with Crippen molar-refractivity contribution in [2.24, 2.45) is 23.2 Å². The lowest BCUT2D eigenvalue weighted by Gasteiger charge is -2.64. The second-order valence-corrected chi connectivity index (χ2v) is 11.2. The summed E-state index contributed by atoms with van der Waals surface area (Å²) in [5, 5.41) is 21.4. The van der Waals surface area contributed by atoms with E-state index in [0.29, 0.717) is 19.3 Å². The van der Waals surface area contributed by atoms with E-state index >= 15 is 0 Å². The molecule has 2 N–H and O–H groups in total. The van der Waals surface area contributed by atoms with Gasteiger partial charge in [-0.15, -0.1) is 0 Å². The summed E-state index contributed by atoms with van der Waals surface area (Å²) < 4.78 is 24.5. The largest absolute Gasteiger partial charge is 0.481 e. The Morgan fingerprint density at radius 3 is 2.76 bits per heavy atom. The smallest absolute Gasteiger partial charge is 0.334 e. The van der Waals surface area contributed by atoms with Gasteiger partial charge in [0.1, 0.15) is 12.2 Å². The number of carboxylic acids is 1. The third kappa shape index (κ3) is 2.33. The van der Waals surface area contributed by atoms with Gasteiger partial charge in [0.05, 0.1) is 18.9 Å². The monoisotopic (exact) mass is 474 g/mol. The van der Waals surface area contributed by atoms with E-state index in [4.69, 9.17) is 24.1 Å². The van der Waals surface area contributed by atoms with Gasteiger partial charge in [-0.2, -0.15) is 0 Å². The molecule has 8 atom stereocenters. The third-order valence-electron chi connectivity index (χ3n) is 9.39. The SMILES string of the molecule is CC(C)[C@@H]1C=C[C@@]23O[C@@]14O[C@H](C[C@H]1C5=C(CC[C@@]12C)C(=O)OC5)[C@@]3(O)[C@@H]4OC(=O)CCC(=O)O. The summed E-state index contributed by atoms with van der Waals surface area (Å²) >= 11 is 0. The molecule has 0 aromatic rings. The molecule has 2 saturated heterocycles. The number of aliphatic hydroxyl groups is 1. The van der Waals surface area contributed by atoms with Crippen molar-refractivity contribution in [3.05, 3.63) is 23.3 Å². The summed E-state index contributed by atoms with van der Waals surface area (Å²) in [6.07, 6.45) is 3.14. The molecule has 0 radical (unpaired) electrons. The first-order valence-electron chi connectivity index (χ1n) is 12.1. The van der Waals surface area contributed by atoms with Crippen molar-refractivity contribution in [3.63, 3.8) is 0 Å². The van der Waals surface area contributed by atoms with E-state index in [0.717, 1.165) is 11.1 Å². The lowest BCUT2D eigenvalue weighted by molar-refractivity contribution is -0.383. The number of esters is 2. The molecule has 0 aromatic heterocycles. The number of rotatable bonds is 5. The molecule has 0 unspecified atom stereocenters. The molecule has 34 heavy (non-hydrogen) atoms. The second-order valence-electron chi connectivity index (χ2n) is 11.2. The zero-order chi connectivity index (χ0) is 24.3. The molecule has 9 heteroatoms. The minimum atomic E-state index is -1.64. The number of fused-ring (bicyclic) bond motifs is 2. The van der Waals surface area contributed by atoms with Crippen LogP contribution >= 0.6 is 0 Å². The van der Waals surface area contributed by atoms with Crippen LogP contribution in [0.25, 0.3) is 0 Å². The molecule has 1 saturated carbocycles. The molecule has 0 amide bonds. The number of carboxylic acid groups (broad SMARTS) is 1. The maximum absolute atomic E-state index is 12.7. The topological polar surface area (TPSA) is 129 Å². The van der Waals surface area contributed by atoms with Crippen molar-refractivity contribution in [1.29, 1.82) is 0 Å². The highest BCUT2D eigenvalue weighted by Gasteiger charge is 2.89. The predicted molar refractivity (Wildman–Crippen MR) is 114 cm³/mol. The van der Waals surface area contributed by atoms with Crippen molar-refractivity contribution < 1.29 is 43.5 Å². The van der Waals surface area contributed by atoms with E-state index in [1.807, 2.05) is 26.0 Å². The Labute approximate surface area is 197 Å². The summed E-state index contributed by atoms with van der Waals surface area (Å²) in [5.74, 6) is -3.71. The fourth-order valence-corrected chi connectivity index (χ4v) is 7.83. The van der Waals surface area contributed by atoms with Gasteiger partial charge in [0.25, 0.3) is 0 Å². The van der Waals surface area contributed by atoms with E-state index in [1.165, 1.54) is 0 Å². The molecule has 3 bridgehead atoms. The summed E-state index contributed by atoms with van der Waals surface area (Å²) in [6.45, 7) is 6.36. The van der Waals surface area contributed by atoms with Gasteiger partial charge in [0, 0.05) is 16.9 Å². The lowest BCUT2D eigenvalue weighted by Crippen LogP contribution is -2.75. The van der Waals surface area contributed by atoms with Crippen LogP contribution in [0.3, 0.4) is 0 Å². The minimum Gasteiger partial charge on any atom is -0.481 e. The van der Waals surface area contributed by atoms with Crippen LogP contribution in [0.15, 0.2) is 23.3 Å². The highest BCUT2D eigenvalue weighted by molar-refractivity contribution is 5.92. The van der Waals surface area contributed by atoms with Crippen LogP contribution in [0.5, 0.6) is 0 Å². The molecule has 3 fully saturated rings. The minimum absolute atomic E-state index is 0.0696. The van der Waals surface area contributed by atoms with Crippen molar-refractivity contribution in [3.8, 4) is 0 Å². The van der Waals surface area contributed by atoms with E-state index in [1.54, 1.807) is 0 Å². The van der Waals surface area contributed by atoms with Crippen LogP contribution in [-0.4, -0.2) is 63.9 Å². The number of aliphatic carboxylic acids is 1.